The van der Waals surface area contributed by atoms with E-state index in [9.17, 15) is 9.59 Å². The molecule has 0 saturated heterocycles. The number of nitrogens with zero attached hydrogens (tertiary/aromatic N) is 1. The van der Waals surface area contributed by atoms with Gasteiger partial charge in [0.05, 0.1) is 13.0 Å². The van der Waals surface area contributed by atoms with Crippen LogP contribution in [0, 0.1) is 0 Å². The van der Waals surface area contributed by atoms with Gasteiger partial charge in [-0.1, -0.05) is 6.07 Å². The molecule has 0 aliphatic carbocycles. The molecule has 0 bridgehead atoms. The third kappa shape index (κ3) is 3.65. The third-order valence-electron chi connectivity index (χ3n) is 2.26. The summed E-state index contributed by atoms with van der Waals surface area (Å²) in [4.78, 5) is 24.1. The number of hydrogen-bond acceptors (Lipinski definition) is 5. The number of thiophene rings is 1. The summed E-state index contributed by atoms with van der Waals surface area (Å²) in [7, 11) is 0. The van der Waals surface area contributed by atoms with E-state index in [0.717, 1.165) is 4.88 Å². The number of carbonyl (C=O) groups is 2. The fraction of sp³-hybridized carbons (Fsp3) is 0.250. The fourth-order valence-electron chi connectivity index (χ4n) is 1.46. The largest absolute Gasteiger partial charge is 0.461 e. The summed E-state index contributed by atoms with van der Waals surface area (Å²) in [5.41, 5.74) is 0.216. The molecule has 0 fully saturated rings. The van der Waals surface area contributed by atoms with Crippen LogP contribution in [-0.2, 0) is 16.0 Å². The summed E-state index contributed by atoms with van der Waals surface area (Å²) in [6, 6.07) is 5.23. The predicted octanol–water partition coefficient (Wildman–Crippen LogP) is 1.83. The van der Waals surface area contributed by atoms with Gasteiger partial charge in [-0.3, -0.25) is 9.89 Å². The SMILES string of the molecule is CCOC(=O)c1cc(NC(=O)Cc2cccs2)n[nH]1. The topological polar surface area (TPSA) is 84.1 Å². The predicted molar refractivity (Wildman–Crippen MR) is 71.2 cm³/mol. The second-order valence-corrected chi connectivity index (χ2v) is 4.72. The van der Waals surface area contributed by atoms with Crippen molar-refractivity contribution in [3.63, 3.8) is 0 Å². The number of anilines is 1. The number of rotatable bonds is 5. The molecule has 0 saturated carbocycles. The van der Waals surface area contributed by atoms with E-state index >= 15 is 0 Å². The highest BCUT2D eigenvalue weighted by molar-refractivity contribution is 7.10. The van der Waals surface area contributed by atoms with Crippen molar-refractivity contribution in [3.05, 3.63) is 34.2 Å². The van der Waals surface area contributed by atoms with Crippen molar-refractivity contribution >= 4 is 29.0 Å². The first-order valence-corrected chi connectivity index (χ1v) is 6.61. The Hall–Kier alpha value is -2.15. The van der Waals surface area contributed by atoms with E-state index in [-0.39, 0.29) is 18.2 Å². The fourth-order valence-corrected chi connectivity index (χ4v) is 2.16. The molecule has 0 aliphatic rings. The van der Waals surface area contributed by atoms with Gasteiger partial charge in [0, 0.05) is 10.9 Å². The number of hydrogen-bond donors (Lipinski definition) is 2. The van der Waals surface area contributed by atoms with Gasteiger partial charge in [0.2, 0.25) is 5.91 Å². The lowest BCUT2D eigenvalue weighted by Crippen LogP contribution is -2.13. The first kappa shape index (κ1) is 13.3. The van der Waals surface area contributed by atoms with Crippen LogP contribution < -0.4 is 5.32 Å². The Morgan fingerprint density at radius 2 is 2.37 bits per heavy atom. The quantitative estimate of drug-likeness (QED) is 0.818. The van der Waals surface area contributed by atoms with Crippen LogP contribution in [-0.4, -0.2) is 28.7 Å². The molecule has 2 N–H and O–H groups in total. The number of H-pyrrole nitrogens is 1. The lowest BCUT2D eigenvalue weighted by molar-refractivity contribution is -0.115. The smallest absolute Gasteiger partial charge is 0.356 e. The van der Waals surface area contributed by atoms with E-state index in [1.54, 1.807) is 6.92 Å². The third-order valence-corrected chi connectivity index (χ3v) is 3.13. The van der Waals surface area contributed by atoms with Crippen LogP contribution in [0.4, 0.5) is 5.82 Å². The van der Waals surface area contributed by atoms with Crippen molar-refractivity contribution in [2.45, 2.75) is 13.3 Å². The van der Waals surface area contributed by atoms with Gasteiger partial charge in [-0.2, -0.15) is 5.10 Å². The number of aromatic amines is 1. The van der Waals surface area contributed by atoms with Crippen LogP contribution in [0.5, 0.6) is 0 Å². The van der Waals surface area contributed by atoms with Gasteiger partial charge in [-0.15, -0.1) is 11.3 Å². The van der Waals surface area contributed by atoms with Gasteiger partial charge >= 0.3 is 5.97 Å². The van der Waals surface area contributed by atoms with Crippen molar-refractivity contribution in [3.8, 4) is 0 Å². The monoisotopic (exact) mass is 279 g/mol. The molecular weight excluding hydrogens is 266 g/mol. The van der Waals surface area contributed by atoms with E-state index in [1.165, 1.54) is 17.4 Å². The molecule has 0 radical (unpaired) electrons. The Morgan fingerprint density at radius 1 is 1.53 bits per heavy atom. The average molecular weight is 279 g/mol. The molecule has 1 amide bonds. The Kier molecular flexibility index (Phi) is 4.30. The Bertz CT molecular complexity index is 563. The van der Waals surface area contributed by atoms with Gasteiger partial charge < -0.3 is 10.1 Å². The minimum atomic E-state index is -0.492. The van der Waals surface area contributed by atoms with Gasteiger partial charge in [-0.05, 0) is 18.4 Å². The molecule has 0 atom stereocenters. The summed E-state index contributed by atoms with van der Waals surface area (Å²) in [5, 5.41) is 10.9. The summed E-state index contributed by atoms with van der Waals surface area (Å²) in [5.74, 6) is -0.359. The number of amides is 1. The standard InChI is InChI=1S/C12H13N3O3S/c1-2-18-12(17)9-7-10(15-14-9)13-11(16)6-8-4-3-5-19-8/h3-5,7H,2,6H2,1H3,(H2,13,14,15,16). The second-order valence-electron chi connectivity index (χ2n) is 3.69. The Morgan fingerprint density at radius 3 is 3.05 bits per heavy atom. The first-order valence-electron chi connectivity index (χ1n) is 5.73. The van der Waals surface area contributed by atoms with Gasteiger partial charge in [-0.25, -0.2) is 4.79 Å². The minimum Gasteiger partial charge on any atom is -0.461 e. The molecule has 6 nitrogen and oxygen atoms in total. The molecule has 2 heterocycles. The first-order chi connectivity index (χ1) is 9.19. The molecule has 2 aromatic heterocycles. The molecule has 2 rings (SSSR count). The van der Waals surface area contributed by atoms with Crippen molar-refractivity contribution in [1.82, 2.24) is 10.2 Å². The van der Waals surface area contributed by atoms with Gasteiger partial charge in [0.1, 0.15) is 5.69 Å². The van der Waals surface area contributed by atoms with Crippen LogP contribution in [0.2, 0.25) is 0 Å². The highest BCUT2D eigenvalue weighted by Crippen LogP contribution is 2.11. The Labute approximate surface area is 113 Å². The molecule has 100 valence electrons. The Balaban J connectivity index is 1.92. The van der Waals surface area contributed by atoms with Crippen LogP contribution in [0.3, 0.4) is 0 Å². The van der Waals surface area contributed by atoms with E-state index in [2.05, 4.69) is 15.5 Å². The zero-order chi connectivity index (χ0) is 13.7. The van der Waals surface area contributed by atoms with Crippen LogP contribution in [0.25, 0.3) is 0 Å². The van der Waals surface area contributed by atoms with E-state index in [0.29, 0.717) is 12.2 Å². The summed E-state index contributed by atoms with van der Waals surface area (Å²) < 4.78 is 4.81. The van der Waals surface area contributed by atoms with Gasteiger partial charge in [0.15, 0.2) is 5.82 Å². The lowest BCUT2D eigenvalue weighted by Gasteiger charge is -1.99. The second kappa shape index (κ2) is 6.14. The molecule has 19 heavy (non-hydrogen) atoms. The van der Waals surface area contributed by atoms with Gasteiger partial charge in [0.25, 0.3) is 0 Å². The minimum absolute atomic E-state index is 0.177. The summed E-state index contributed by atoms with van der Waals surface area (Å²) >= 11 is 1.52. The molecule has 2 aromatic rings. The van der Waals surface area contributed by atoms with E-state index < -0.39 is 5.97 Å². The lowest BCUT2D eigenvalue weighted by atomic mass is 10.3. The number of esters is 1. The number of nitrogens with one attached hydrogen (secondary N) is 2. The van der Waals surface area contributed by atoms with E-state index in [4.69, 9.17) is 4.74 Å². The maximum absolute atomic E-state index is 11.7. The highest BCUT2D eigenvalue weighted by atomic mass is 32.1. The number of carbonyl (C=O) groups excluding carboxylic acids is 2. The molecular formula is C12H13N3O3S. The number of ether oxygens (including phenoxy) is 1. The van der Waals surface area contributed by atoms with Crippen LogP contribution in [0.15, 0.2) is 23.6 Å². The highest BCUT2D eigenvalue weighted by Gasteiger charge is 2.12. The van der Waals surface area contributed by atoms with Crippen molar-refractivity contribution in [2.75, 3.05) is 11.9 Å². The molecule has 0 aromatic carbocycles. The molecule has 0 spiro atoms. The van der Waals surface area contributed by atoms with Crippen LogP contribution in [0.1, 0.15) is 22.3 Å². The molecule has 7 heteroatoms. The van der Waals surface area contributed by atoms with Crippen molar-refractivity contribution < 1.29 is 14.3 Å². The molecule has 0 unspecified atom stereocenters. The van der Waals surface area contributed by atoms with Crippen molar-refractivity contribution in [1.29, 1.82) is 0 Å². The summed E-state index contributed by atoms with van der Waals surface area (Å²) in [6.45, 7) is 2.01. The van der Waals surface area contributed by atoms with E-state index in [1.807, 2.05) is 17.5 Å². The number of aromatic nitrogens is 2. The molecule has 0 aliphatic heterocycles. The van der Waals surface area contributed by atoms with Crippen molar-refractivity contribution in [2.24, 2.45) is 0 Å². The summed E-state index contributed by atoms with van der Waals surface area (Å²) in [6.07, 6.45) is 0.291. The zero-order valence-electron chi connectivity index (χ0n) is 10.3. The normalized spacial score (nSPS) is 10.2. The maximum atomic E-state index is 11.7. The maximum Gasteiger partial charge on any atom is 0.356 e. The average Bonchev–Trinajstić information content (AvgIpc) is 3.00. The zero-order valence-corrected chi connectivity index (χ0v) is 11.1. The van der Waals surface area contributed by atoms with Crippen LogP contribution >= 0.6 is 11.3 Å².